The number of carbonyl (C=O) groups excluding carboxylic acids is 1. The monoisotopic (exact) mass is 284 g/mol. The third kappa shape index (κ3) is 4.31. The van der Waals surface area contributed by atoms with Crippen molar-refractivity contribution in [3.63, 3.8) is 0 Å². The average molecular weight is 284 g/mol. The molecule has 110 valence electrons. The van der Waals surface area contributed by atoms with Crippen molar-refractivity contribution in [1.82, 2.24) is 4.98 Å². The minimum Gasteiger partial charge on any atom is -0.410 e. The third-order valence-corrected chi connectivity index (χ3v) is 2.92. The number of nitrogens with one attached hydrogen (secondary N) is 1. The fraction of sp³-hybridized carbons (Fsp3) is 0.294. The van der Waals surface area contributed by atoms with E-state index in [1.54, 1.807) is 12.1 Å². The van der Waals surface area contributed by atoms with Crippen molar-refractivity contribution in [1.29, 1.82) is 0 Å². The van der Waals surface area contributed by atoms with Gasteiger partial charge in [-0.1, -0.05) is 39.0 Å². The first-order chi connectivity index (χ1) is 9.84. The summed E-state index contributed by atoms with van der Waals surface area (Å²) in [7, 11) is 0. The Labute approximate surface area is 125 Å². The molecule has 0 aliphatic rings. The van der Waals surface area contributed by atoms with E-state index in [0.717, 1.165) is 11.4 Å². The lowest BCUT2D eigenvalue weighted by molar-refractivity contribution is 0.215. The normalized spacial score (nSPS) is 11.0. The first kappa shape index (κ1) is 15.0. The molecule has 1 aromatic carbocycles. The van der Waals surface area contributed by atoms with Crippen LogP contribution in [0.2, 0.25) is 0 Å². The standard InChI is InChI=1S/C17H20N2O2/c1-12-10-13(11-15(18-12)17(2,3)4)19-16(20)21-14-8-6-5-7-9-14/h5-11H,1-4H3,(H,18,19,20). The van der Waals surface area contributed by atoms with Crippen molar-refractivity contribution in [2.75, 3.05) is 5.32 Å². The van der Waals surface area contributed by atoms with Gasteiger partial charge in [0.2, 0.25) is 0 Å². The van der Waals surface area contributed by atoms with Gasteiger partial charge >= 0.3 is 6.09 Å². The molecule has 0 saturated heterocycles. The number of hydrogen-bond acceptors (Lipinski definition) is 3. The van der Waals surface area contributed by atoms with Crippen LogP contribution in [0.15, 0.2) is 42.5 Å². The molecule has 4 heteroatoms. The lowest BCUT2D eigenvalue weighted by Gasteiger charge is -2.19. The van der Waals surface area contributed by atoms with Crippen molar-refractivity contribution in [2.45, 2.75) is 33.1 Å². The van der Waals surface area contributed by atoms with Crippen LogP contribution in [0.5, 0.6) is 5.75 Å². The first-order valence-corrected chi connectivity index (χ1v) is 6.87. The number of pyridine rings is 1. The van der Waals surface area contributed by atoms with Crippen LogP contribution in [0, 0.1) is 6.92 Å². The van der Waals surface area contributed by atoms with Crippen molar-refractivity contribution < 1.29 is 9.53 Å². The van der Waals surface area contributed by atoms with Crippen LogP contribution in [-0.4, -0.2) is 11.1 Å². The molecule has 1 heterocycles. The van der Waals surface area contributed by atoms with E-state index in [0.29, 0.717) is 11.4 Å². The van der Waals surface area contributed by atoms with Gasteiger partial charge in [-0.15, -0.1) is 0 Å². The number of rotatable bonds is 2. The summed E-state index contributed by atoms with van der Waals surface area (Å²) in [5.74, 6) is 0.511. The Balaban J connectivity index is 2.12. The second-order valence-corrected chi connectivity index (χ2v) is 5.96. The molecule has 0 aliphatic heterocycles. The summed E-state index contributed by atoms with van der Waals surface area (Å²) in [6, 6.07) is 12.7. The Morgan fingerprint density at radius 1 is 1.14 bits per heavy atom. The third-order valence-electron chi connectivity index (χ3n) is 2.92. The van der Waals surface area contributed by atoms with Crippen LogP contribution in [0.4, 0.5) is 10.5 Å². The highest BCUT2D eigenvalue weighted by Gasteiger charge is 2.17. The molecule has 2 rings (SSSR count). The molecule has 2 aromatic rings. The molecule has 0 atom stereocenters. The van der Waals surface area contributed by atoms with Gasteiger partial charge in [-0.05, 0) is 31.2 Å². The van der Waals surface area contributed by atoms with E-state index in [4.69, 9.17) is 4.74 Å². The van der Waals surface area contributed by atoms with Gasteiger partial charge in [0, 0.05) is 22.5 Å². The zero-order valence-corrected chi connectivity index (χ0v) is 12.8. The molecule has 0 bridgehead atoms. The van der Waals surface area contributed by atoms with E-state index in [1.807, 2.05) is 37.3 Å². The molecule has 1 N–H and O–H groups in total. The first-order valence-electron chi connectivity index (χ1n) is 6.87. The number of benzene rings is 1. The Morgan fingerprint density at radius 3 is 2.43 bits per heavy atom. The van der Waals surface area contributed by atoms with Gasteiger partial charge in [0.05, 0.1) is 0 Å². The van der Waals surface area contributed by atoms with E-state index >= 15 is 0 Å². The van der Waals surface area contributed by atoms with Crippen molar-refractivity contribution >= 4 is 11.8 Å². The minimum absolute atomic E-state index is 0.0776. The quantitative estimate of drug-likeness (QED) is 0.894. The Morgan fingerprint density at radius 2 is 1.81 bits per heavy atom. The largest absolute Gasteiger partial charge is 0.417 e. The Hall–Kier alpha value is -2.36. The van der Waals surface area contributed by atoms with Gasteiger partial charge in [-0.25, -0.2) is 4.79 Å². The van der Waals surface area contributed by atoms with Crippen LogP contribution in [-0.2, 0) is 5.41 Å². The summed E-state index contributed by atoms with van der Waals surface area (Å²) < 4.78 is 5.21. The van der Waals surface area contributed by atoms with E-state index in [9.17, 15) is 4.79 Å². The van der Waals surface area contributed by atoms with E-state index in [1.165, 1.54) is 0 Å². The highest BCUT2D eigenvalue weighted by Crippen LogP contribution is 2.24. The van der Waals surface area contributed by atoms with Crippen LogP contribution in [0.3, 0.4) is 0 Å². The number of ether oxygens (including phenoxy) is 1. The molecular formula is C17H20N2O2. The maximum atomic E-state index is 11.9. The lowest BCUT2D eigenvalue weighted by atomic mass is 9.91. The van der Waals surface area contributed by atoms with Gasteiger partial charge in [-0.2, -0.15) is 0 Å². The SMILES string of the molecule is Cc1cc(NC(=O)Oc2ccccc2)cc(C(C)(C)C)n1. The van der Waals surface area contributed by atoms with Gasteiger partial charge in [0.1, 0.15) is 5.75 Å². The second kappa shape index (κ2) is 5.95. The van der Waals surface area contributed by atoms with Crippen molar-refractivity contribution in [2.24, 2.45) is 0 Å². The van der Waals surface area contributed by atoms with Crippen molar-refractivity contribution in [3.8, 4) is 5.75 Å². The second-order valence-electron chi connectivity index (χ2n) is 5.96. The molecule has 21 heavy (non-hydrogen) atoms. The van der Waals surface area contributed by atoms with E-state index in [2.05, 4.69) is 31.1 Å². The maximum Gasteiger partial charge on any atom is 0.417 e. The maximum absolute atomic E-state index is 11.9. The Bertz CT molecular complexity index is 631. The number of hydrogen-bond donors (Lipinski definition) is 1. The molecule has 0 unspecified atom stereocenters. The summed E-state index contributed by atoms with van der Waals surface area (Å²) in [5, 5.41) is 2.74. The number of aryl methyl sites for hydroxylation is 1. The number of carbonyl (C=O) groups is 1. The summed E-state index contributed by atoms with van der Waals surface area (Å²) in [6.45, 7) is 8.16. The molecule has 0 spiro atoms. The zero-order chi connectivity index (χ0) is 15.5. The summed E-state index contributed by atoms with van der Waals surface area (Å²) in [6.07, 6.45) is -0.508. The number of amides is 1. The number of anilines is 1. The molecule has 0 saturated carbocycles. The highest BCUT2D eigenvalue weighted by molar-refractivity contribution is 5.86. The molecule has 0 aliphatic carbocycles. The molecule has 1 aromatic heterocycles. The van der Waals surface area contributed by atoms with Crippen LogP contribution in [0.25, 0.3) is 0 Å². The molecule has 4 nitrogen and oxygen atoms in total. The Kier molecular flexibility index (Phi) is 4.26. The van der Waals surface area contributed by atoms with Crippen LogP contribution < -0.4 is 10.1 Å². The number of aromatic nitrogens is 1. The lowest BCUT2D eigenvalue weighted by Crippen LogP contribution is -2.19. The predicted molar refractivity (Wildman–Crippen MR) is 83.8 cm³/mol. The van der Waals surface area contributed by atoms with Crippen LogP contribution in [0.1, 0.15) is 32.2 Å². The fourth-order valence-electron chi connectivity index (χ4n) is 1.86. The average Bonchev–Trinajstić information content (AvgIpc) is 2.37. The van der Waals surface area contributed by atoms with Gasteiger partial charge in [0.25, 0.3) is 0 Å². The van der Waals surface area contributed by atoms with E-state index in [-0.39, 0.29) is 5.41 Å². The van der Waals surface area contributed by atoms with Gasteiger partial charge < -0.3 is 4.74 Å². The zero-order valence-electron chi connectivity index (χ0n) is 12.8. The minimum atomic E-state index is -0.508. The topological polar surface area (TPSA) is 51.2 Å². The van der Waals surface area contributed by atoms with E-state index < -0.39 is 6.09 Å². The molecule has 1 amide bonds. The number of nitrogens with zero attached hydrogens (tertiary/aromatic N) is 1. The summed E-state index contributed by atoms with van der Waals surface area (Å²) >= 11 is 0. The van der Waals surface area contributed by atoms with Gasteiger partial charge in [-0.3, -0.25) is 10.3 Å². The summed E-state index contributed by atoms with van der Waals surface area (Å²) in [5.41, 5.74) is 2.40. The van der Waals surface area contributed by atoms with Crippen LogP contribution >= 0.6 is 0 Å². The smallest absolute Gasteiger partial charge is 0.410 e. The molecule has 0 fully saturated rings. The summed E-state index contributed by atoms with van der Waals surface area (Å²) in [4.78, 5) is 16.4. The highest BCUT2D eigenvalue weighted by atomic mass is 16.6. The number of para-hydroxylation sites is 1. The van der Waals surface area contributed by atoms with Crippen molar-refractivity contribution in [3.05, 3.63) is 53.9 Å². The predicted octanol–water partition coefficient (Wildman–Crippen LogP) is 4.30. The fourth-order valence-corrected chi connectivity index (χ4v) is 1.86. The molecule has 0 radical (unpaired) electrons. The molecular weight excluding hydrogens is 264 g/mol. The van der Waals surface area contributed by atoms with Gasteiger partial charge in [0.15, 0.2) is 0 Å².